The Labute approximate surface area is 179 Å². The first-order valence-corrected chi connectivity index (χ1v) is 11.3. The van der Waals surface area contributed by atoms with Crippen molar-refractivity contribution in [1.29, 1.82) is 0 Å². The second-order valence-electron chi connectivity index (χ2n) is 6.34. The Bertz CT molecular complexity index is 441. The normalized spacial score (nSPS) is 13.3. The van der Waals surface area contributed by atoms with E-state index in [0.717, 1.165) is 44.9 Å². The number of aryl methyl sites for hydroxylation is 1. The van der Waals surface area contributed by atoms with E-state index in [1.807, 2.05) is 0 Å². The van der Waals surface area contributed by atoms with Crippen LogP contribution in [0.2, 0.25) is 0 Å². The number of hydrogen-bond donors (Lipinski definition) is 3. The number of hydrogen-bond acceptors (Lipinski definition) is 3. The SMILES string of the molecule is CCCCO.CCCCO.CCCCO.CCc1cccc2c1C=C[CH]2[Ti]. The average molecular weight is 413 g/mol. The molecule has 1 aromatic rings. The molecule has 1 unspecified atom stereocenters. The third-order valence-corrected chi connectivity index (χ3v) is 4.72. The summed E-state index contributed by atoms with van der Waals surface area (Å²) in [7, 11) is 0. The van der Waals surface area contributed by atoms with Gasteiger partial charge in [0, 0.05) is 19.8 Å². The zero-order valence-electron chi connectivity index (χ0n) is 17.9. The van der Waals surface area contributed by atoms with E-state index >= 15 is 0 Å². The number of unbranched alkanes of at least 4 members (excludes halogenated alkanes) is 3. The van der Waals surface area contributed by atoms with Crippen LogP contribution in [-0.4, -0.2) is 35.1 Å². The van der Waals surface area contributed by atoms with Crippen molar-refractivity contribution in [3.05, 3.63) is 41.0 Å². The van der Waals surface area contributed by atoms with Gasteiger partial charge in [-0.3, -0.25) is 0 Å². The summed E-state index contributed by atoms with van der Waals surface area (Å²) < 4.78 is 0.617. The molecule has 155 valence electrons. The van der Waals surface area contributed by atoms with Gasteiger partial charge in [0.05, 0.1) is 0 Å². The van der Waals surface area contributed by atoms with Crippen molar-refractivity contribution < 1.29 is 35.8 Å². The number of allylic oxidation sites excluding steroid dienone is 1. The number of benzene rings is 1. The van der Waals surface area contributed by atoms with Crippen molar-refractivity contribution in [3.63, 3.8) is 0 Å². The number of aliphatic hydroxyl groups excluding tert-OH is 3. The van der Waals surface area contributed by atoms with E-state index in [9.17, 15) is 0 Å². The van der Waals surface area contributed by atoms with E-state index in [4.69, 9.17) is 15.3 Å². The standard InChI is InChI=1S/C11H11.3C4H10O.Ti/c1-2-9-5-3-6-10-7-4-8-11(9)10;3*1-2-3-4-5;/h3-8H,2H2,1H3;3*5H,2-4H2,1H3;. The minimum atomic E-state index is 0.344. The monoisotopic (exact) mass is 413 g/mol. The van der Waals surface area contributed by atoms with Crippen LogP contribution >= 0.6 is 0 Å². The Morgan fingerprint density at radius 3 is 1.63 bits per heavy atom. The van der Waals surface area contributed by atoms with Gasteiger partial charge in [0.1, 0.15) is 0 Å². The molecule has 0 fully saturated rings. The molecule has 0 radical (unpaired) electrons. The average Bonchev–Trinajstić information content (AvgIpc) is 3.07. The molecule has 0 aliphatic heterocycles. The fraction of sp³-hybridized carbons (Fsp3) is 0.652. The van der Waals surface area contributed by atoms with Crippen LogP contribution in [0, 0.1) is 0 Å². The van der Waals surface area contributed by atoms with E-state index in [2.05, 4.69) is 78.5 Å². The van der Waals surface area contributed by atoms with Gasteiger partial charge in [-0.1, -0.05) is 40.0 Å². The molecule has 1 aliphatic rings. The molecule has 1 aliphatic carbocycles. The van der Waals surface area contributed by atoms with E-state index in [-0.39, 0.29) is 0 Å². The molecule has 0 saturated carbocycles. The summed E-state index contributed by atoms with van der Waals surface area (Å²) >= 11 is 2.25. The molecule has 27 heavy (non-hydrogen) atoms. The molecular formula is C23H41O3Ti. The molecule has 1 atom stereocenters. The van der Waals surface area contributed by atoms with Crippen LogP contribution in [-0.2, 0) is 26.9 Å². The molecule has 0 aromatic heterocycles. The molecular weight excluding hydrogens is 372 g/mol. The summed E-state index contributed by atoms with van der Waals surface area (Å²) in [5.74, 6) is 0. The van der Waals surface area contributed by atoms with Crippen molar-refractivity contribution in [1.82, 2.24) is 0 Å². The third kappa shape index (κ3) is 15.2. The first kappa shape index (κ1) is 28.8. The fourth-order valence-corrected chi connectivity index (χ4v) is 2.73. The van der Waals surface area contributed by atoms with Gasteiger partial charge in [0.2, 0.25) is 0 Å². The zero-order chi connectivity index (χ0) is 20.9. The van der Waals surface area contributed by atoms with Crippen molar-refractivity contribution in [2.24, 2.45) is 0 Å². The summed E-state index contributed by atoms with van der Waals surface area (Å²) in [6.07, 6.45) is 11.8. The van der Waals surface area contributed by atoms with E-state index in [0.29, 0.717) is 24.0 Å². The quantitative estimate of drug-likeness (QED) is 0.539. The second-order valence-corrected chi connectivity index (χ2v) is 7.31. The molecule has 0 heterocycles. The Kier molecular flexibility index (Phi) is 23.3. The summed E-state index contributed by atoms with van der Waals surface area (Å²) in [5.41, 5.74) is 4.44. The molecule has 0 bridgehead atoms. The topological polar surface area (TPSA) is 60.7 Å². The predicted molar refractivity (Wildman–Crippen MR) is 114 cm³/mol. The van der Waals surface area contributed by atoms with Gasteiger partial charge in [0.25, 0.3) is 0 Å². The Balaban J connectivity index is 0. The van der Waals surface area contributed by atoms with E-state index < -0.39 is 0 Å². The maximum absolute atomic E-state index is 8.07. The molecule has 3 nitrogen and oxygen atoms in total. The summed E-state index contributed by atoms with van der Waals surface area (Å²) in [6.45, 7) is 9.40. The van der Waals surface area contributed by atoms with E-state index in [1.54, 1.807) is 0 Å². The Hall–Kier alpha value is -0.446. The van der Waals surface area contributed by atoms with Gasteiger partial charge in [-0.25, -0.2) is 0 Å². The van der Waals surface area contributed by atoms with Crippen LogP contribution in [0.15, 0.2) is 24.3 Å². The molecule has 0 saturated heterocycles. The van der Waals surface area contributed by atoms with Crippen molar-refractivity contribution >= 4 is 6.08 Å². The van der Waals surface area contributed by atoms with E-state index in [1.165, 1.54) is 16.7 Å². The van der Waals surface area contributed by atoms with Crippen LogP contribution in [0.1, 0.15) is 87.1 Å². The zero-order valence-corrected chi connectivity index (χ0v) is 19.4. The number of aliphatic hydroxyl groups is 3. The van der Waals surface area contributed by atoms with Crippen molar-refractivity contribution in [2.75, 3.05) is 19.8 Å². The molecule has 0 amide bonds. The van der Waals surface area contributed by atoms with Crippen LogP contribution in [0.3, 0.4) is 0 Å². The van der Waals surface area contributed by atoms with Crippen LogP contribution in [0.5, 0.6) is 0 Å². The first-order chi connectivity index (χ1) is 13.1. The molecule has 0 spiro atoms. The Morgan fingerprint density at radius 2 is 1.30 bits per heavy atom. The number of rotatable bonds is 7. The summed E-state index contributed by atoms with van der Waals surface area (Å²) in [5, 5.41) is 24.2. The summed E-state index contributed by atoms with van der Waals surface area (Å²) in [6, 6.07) is 6.63. The van der Waals surface area contributed by atoms with Crippen molar-refractivity contribution in [2.45, 2.75) is 76.9 Å². The van der Waals surface area contributed by atoms with Gasteiger partial charge in [-0.2, -0.15) is 0 Å². The van der Waals surface area contributed by atoms with Gasteiger partial charge >= 0.3 is 85.0 Å². The number of fused-ring (bicyclic) bond motifs is 1. The van der Waals surface area contributed by atoms with Gasteiger partial charge < -0.3 is 15.3 Å². The summed E-state index contributed by atoms with van der Waals surface area (Å²) in [4.78, 5) is 0. The molecule has 4 heteroatoms. The molecule has 1 aromatic carbocycles. The third-order valence-electron chi connectivity index (χ3n) is 3.94. The fourth-order valence-electron chi connectivity index (χ4n) is 2.19. The van der Waals surface area contributed by atoms with Gasteiger partial charge in [0.15, 0.2) is 0 Å². The molecule has 3 N–H and O–H groups in total. The molecule has 2 rings (SSSR count). The second kappa shape index (κ2) is 21.8. The van der Waals surface area contributed by atoms with Crippen molar-refractivity contribution in [3.8, 4) is 0 Å². The Morgan fingerprint density at radius 1 is 0.815 bits per heavy atom. The minimum absolute atomic E-state index is 0.344. The maximum atomic E-state index is 8.07. The van der Waals surface area contributed by atoms with Gasteiger partial charge in [-0.05, 0) is 19.3 Å². The van der Waals surface area contributed by atoms with Crippen LogP contribution < -0.4 is 0 Å². The van der Waals surface area contributed by atoms with Gasteiger partial charge in [-0.15, -0.1) is 0 Å². The predicted octanol–water partition coefficient (Wildman–Crippen LogP) is 5.20. The van der Waals surface area contributed by atoms with Crippen LogP contribution in [0.4, 0.5) is 0 Å². The first-order valence-electron chi connectivity index (χ1n) is 10.4. The van der Waals surface area contributed by atoms with Crippen LogP contribution in [0.25, 0.3) is 6.08 Å².